The summed E-state index contributed by atoms with van der Waals surface area (Å²) in [5.41, 5.74) is 12.1. The molecule has 4 aliphatic heterocycles. The van der Waals surface area contributed by atoms with Crippen molar-refractivity contribution in [3.63, 3.8) is 0 Å². The predicted octanol–water partition coefficient (Wildman–Crippen LogP) is 2.54. The van der Waals surface area contributed by atoms with Crippen LogP contribution < -0.4 is 21.3 Å². The van der Waals surface area contributed by atoms with Gasteiger partial charge in [-0.25, -0.2) is 9.51 Å². The Labute approximate surface area is 278 Å². The number of amides is 1. The summed E-state index contributed by atoms with van der Waals surface area (Å²) in [7, 11) is 1.63. The van der Waals surface area contributed by atoms with E-state index in [9.17, 15) is 14.7 Å². The molecule has 3 aromatic rings. The minimum Gasteiger partial charge on any atom is -0.392 e. The zero-order chi connectivity index (χ0) is 32.9. The number of aromatic nitrogens is 2. The summed E-state index contributed by atoms with van der Waals surface area (Å²) in [6.45, 7) is 6.03. The number of hydrogen-bond acceptors (Lipinski definition) is 9. The molecule has 0 unspecified atom stereocenters. The molecule has 1 aliphatic carbocycles. The average molecular weight is 657 g/mol. The van der Waals surface area contributed by atoms with Crippen LogP contribution in [0.3, 0.4) is 0 Å². The quantitative estimate of drug-likeness (QED) is 0.354. The first-order valence-corrected chi connectivity index (χ1v) is 16.8. The zero-order valence-corrected chi connectivity index (χ0v) is 27.1. The largest absolute Gasteiger partial charge is 0.392 e. The lowest BCUT2D eigenvalue weighted by Gasteiger charge is -2.43. The van der Waals surface area contributed by atoms with E-state index in [-0.39, 0.29) is 17.2 Å². The number of benzene rings is 1. The number of aliphatic hydroxyl groups excluding tert-OH is 1. The summed E-state index contributed by atoms with van der Waals surface area (Å²) < 4.78 is 24.3. The van der Waals surface area contributed by atoms with E-state index in [1.807, 2.05) is 24.5 Å². The number of piperazine rings is 1. The summed E-state index contributed by atoms with van der Waals surface area (Å²) >= 11 is 0. The fourth-order valence-electron chi connectivity index (χ4n) is 7.65. The van der Waals surface area contributed by atoms with Crippen molar-refractivity contribution in [2.24, 2.45) is 7.05 Å². The maximum Gasteiger partial charge on any atom is 0.275 e. The molecule has 0 saturated carbocycles. The molecule has 252 valence electrons. The molecular weight excluding hydrogens is 615 g/mol. The Bertz CT molecular complexity index is 1870. The van der Waals surface area contributed by atoms with Gasteiger partial charge in [-0.3, -0.25) is 25.3 Å². The molecule has 12 nitrogen and oxygen atoms in total. The maximum absolute atomic E-state index is 15.4. The molecule has 2 aromatic heterocycles. The fourth-order valence-corrected chi connectivity index (χ4v) is 7.65. The number of nitrogens with zero attached hydrogens (tertiary/aromatic N) is 6. The predicted molar refractivity (Wildman–Crippen MR) is 179 cm³/mol. The van der Waals surface area contributed by atoms with Gasteiger partial charge in [0.2, 0.25) is 0 Å². The van der Waals surface area contributed by atoms with Gasteiger partial charge in [-0.1, -0.05) is 0 Å². The Balaban J connectivity index is 1.03. The van der Waals surface area contributed by atoms with Crippen LogP contribution in [0.5, 0.6) is 0 Å². The highest BCUT2D eigenvalue weighted by Gasteiger charge is 2.33. The number of carbonyl (C=O) groups is 1. The molecule has 2 fully saturated rings. The van der Waals surface area contributed by atoms with Crippen LogP contribution in [-0.2, 0) is 37.8 Å². The second kappa shape index (κ2) is 12.5. The molecule has 5 aliphatic rings. The third kappa shape index (κ3) is 5.45. The van der Waals surface area contributed by atoms with Crippen molar-refractivity contribution in [1.82, 2.24) is 29.5 Å². The molecule has 13 heteroatoms. The van der Waals surface area contributed by atoms with Crippen LogP contribution in [0.25, 0.3) is 11.1 Å². The van der Waals surface area contributed by atoms with Crippen molar-refractivity contribution in [2.45, 2.75) is 44.9 Å². The monoisotopic (exact) mass is 656 g/mol. The van der Waals surface area contributed by atoms with Crippen molar-refractivity contribution < 1.29 is 19.0 Å². The van der Waals surface area contributed by atoms with Crippen molar-refractivity contribution in [2.75, 3.05) is 56.3 Å². The van der Waals surface area contributed by atoms with Gasteiger partial charge in [0, 0.05) is 81.7 Å². The van der Waals surface area contributed by atoms with E-state index in [1.54, 1.807) is 29.3 Å². The van der Waals surface area contributed by atoms with Crippen LogP contribution >= 0.6 is 0 Å². The molecule has 0 bridgehead atoms. The SMILES string of the molecule is Cn1cc(-c2cc(F)cc(N3CCn4c(cc5c4CCCC5)C3=O)c2CO)cc(NN2C=CC(N3CCN(C4COC4)CC3)=CN2)c1=O. The lowest BCUT2D eigenvalue weighted by Crippen LogP contribution is -2.56. The summed E-state index contributed by atoms with van der Waals surface area (Å²) in [6.07, 6.45) is 11.5. The summed E-state index contributed by atoms with van der Waals surface area (Å²) in [4.78, 5) is 33.5. The van der Waals surface area contributed by atoms with Crippen LogP contribution in [-0.4, -0.2) is 87.0 Å². The minimum absolute atomic E-state index is 0.199. The molecule has 6 heterocycles. The van der Waals surface area contributed by atoms with E-state index >= 15 is 4.39 Å². The van der Waals surface area contributed by atoms with Crippen LogP contribution in [0.2, 0.25) is 0 Å². The second-order valence-corrected chi connectivity index (χ2v) is 13.2. The van der Waals surface area contributed by atoms with Crippen LogP contribution in [0.4, 0.5) is 15.8 Å². The summed E-state index contributed by atoms with van der Waals surface area (Å²) in [6, 6.07) is 6.84. The minimum atomic E-state index is -0.534. The molecule has 2 saturated heterocycles. The van der Waals surface area contributed by atoms with E-state index in [4.69, 9.17) is 4.74 Å². The van der Waals surface area contributed by atoms with E-state index in [0.29, 0.717) is 47.2 Å². The normalized spacial score (nSPS) is 19.9. The van der Waals surface area contributed by atoms with Gasteiger partial charge in [-0.2, -0.15) is 0 Å². The van der Waals surface area contributed by atoms with Crippen LogP contribution in [0.1, 0.15) is 40.2 Å². The number of pyridine rings is 1. The first-order valence-electron chi connectivity index (χ1n) is 16.8. The number of ether oxygens (including phenoxy) is 1. The summed E-state index contributed by atoms with van der Waals surface area (Å²) in [5, 5.41) is 12.2. The number of fused-ring (bicyclic) bond motifs is 3. The zero-order valence-electron chi connectivity index (χ0n) is 27.1. The molecule has 0 spiro atoms. The average Bonchev–Trinajstić information content (AvgIpc) is 3.46. The number of anilines is 2. The van der Waals surface area contributed by atoms with E-state index in [0.717, 1.165) is 70.8 Å². The van der Waals surface area contributed by atoms with Gasteiger partial charge in [0.15, 0.2) is 0 Å². The number of rotatable bonds is 7. The first-order chi connectivity index (χ1) is 23.4. The van der Waals surface area contributed by atoms with Crippen molar-refractivity contribution in [3.8, 4) is 11.1 Å². The number of allylic oxidation sites excluding steroid dienone is 1. The molecule has 3 N–H and O–H groups in total. The first kappa shape index (κ1) is 30.7. The van der Waals surface area contributed by atoms with Crippen LogP contribution in [0.15, 0.2) is 59.4 Å². The van der Waals surface area contributed by atoms with E-state index in [1.165, 1.54) is 28.0 Å². The smallest absolute Gasteiger partial charge is 0.275 e. The van der Waals surface area contributed by atoms with Crippen molar-refractivity contribution >= 4 is 17.3 Å². The van der Waals surface area contributed by atoms with Crippen LogP contribution in [0, 0.1) is 5.82 Å². The van der Waals surface area contributed by atoms with Crippen molar-refractivity contribution in [3.05, 3.63) is 93.3 Å². The third-order valence-corrected chi connectivity index (χ3v) is 10.4. The van der Waals surface area contributed by atoms with Gasteiger partial charge in [0.25, 0.3) is 11.5 Å². The third-order valence-electron chi connectivity index (χ3n) is 10.4. The lowest BCUT2D eigenvalue weighted by atomic mass is 9.98. The van der Waals surface area contributed by atoms with E-state index < -0.39 is 12.4 Å². The lowest BCUT2D eigenvalue weighted by molar-refractivity contribution is -0.0745. The van der Waals surface area contributed by atoms with E-state index in [2.05, 4.69) is 25.2 Å². The Hall–Kier alpha value is -4.59. The number of nitrogens with one attached hydrogen (secondary N) is 2. The van der Waals surface area contributed by atoms with Crippen molar-refractivity contribution in [1.29, 1.82) is 0 Å². The Morgan fingerprint density at radius 1 is 1.02 bits per heavy atom. The van der Waals surface area contributed by atoms with Gasteiger partial charge in [0.1, 0.15) is 17.2 Å². The van der Waals surface area contributed by atoms with Gasteiger partial charge < -0.3 is 28.8 Å². The number of hydrazine groups is 2. The second-order valence-electron chi connectivity index (χ2n) is 13.2. The topological polar surface area (TPSA) is 110 Å². The standard InChI is InChI=1S/C35H41FN8O4/c1-39-19-24(14-30(34(39)46)38-44-7-6-26(18-37-44)40-8-10-41(11-9-40)27-21-48-22-27)28-16-25(36)17-32(29(28)20-45)43-13-12-42-31-5-3-2-4-23(31)15-33(42)35(43)47/h6-7,14-19,27,37-38,45H,2-5,8-13,20-22H2,1H3. The molecule has 0 atom stereocenters. The molecule has 48 heavy (non-hydrogen) atoms. The molecule has 8 rings (SSSR count). The fraction of sp³-hybridized carbons (Fsp3) is 0.429. The van der Waals surface area contributed by atoms with Gasteiger partial charge >= 0.3 is 0 Å². The molecule has 1 aromatic carbocycles. The Kier molecular flexibility index (Phi) is 7.97. The number of halogens is 1. The Morgan fingerprint density at radius 3 is 2.56 bits per heavy atom. The maximum atomic E-state index is 15.4. The Morgan fingerprint density at radius 2 is 1.83 bits per heavy atom. The number of aliphatic hydroxyl groups is 1. The van der Waals surface area contributed by atoms with Gasteiger partial charge in [-0.15, -0.1) is 0 Å². The highest BCUT2D eigenvalue weighted by atomic mass is 19.1. The van der Waals surface area contributed by atoms with Gasteiger partial charge in [-0.05, 0) is 67.2 Å². The highest BCUT2D eigenvalue weighted by molar-refractivity contribution is 6.07. The highest BCUT2D eigenvalue weighted by Crippen LogP contribution is 2.36. The summed E-state index contributed by atoms with van der Waals surface area (Å²) in [5.74, 6) is -0.733. The number of hydrogen-bond donors (Lipinski definition) is 3. The molecular formula is C35H41FN8O4. The number of aryl methyl sites for hydroxylation is 2. The van der Waals surface area contributed by atoms with Gasteiger partial charge in [0.05, 0.1) is 37.2 Å². The molecule has 1 amide bonds. The number of carbonyl (C=O) groups excluding carboxylic acids is 1. The molecule has 0 radical (unpaired) electrons.